The number of amidine groups is 1. The summed E-state index contributed by atoms with van der Waals surface area (Å²) in [4.78, 5) is 12.1. The van der Waals surface area contributed by atoms with E-state index in [1.54, 1.807) is 13.0 Å². The number of amides is 1. The van der Waals surface area contributed by atoms with E-state index in [0.717, 1.165) is 5.56 Å². The summed E-state index contributed by atoms with van der Waals surface area (Å²) in [5.41, 5.74) is 5.56. The van der Waals surface area contributed by atoms with E-state index in [1.165, 1.54) is 6.26 Å². The maximum absolute atomic E-state index is 12.1. The molecule has 0 aromatic carbocycles. The Balaban J connectivity index is 2.99. The highest BCUT2D eigenvalue weighted by Gasteiger charge is 2.34. The number of hydrogen-bond acceptors (Lipinski definition) is 4. The van der Waals surface area contributed by atoms with Gasteiger partial charge in [-0.25, -0.2) is 0 Å². The van der Waals surface area contributed by atoms with E-state index in [9.17, 15) is 4.79 Å². The lowest BCUT2D eigenvalue weighted by molar-refractivity contribution is 0.0888. The fourth-order valence-electron chi connectivity index (χ4n) is 1.83. The lowest BCUT2D eigenvalue weighted by Crippen LogP contribution is -2.56. The number of rotatable bonds is 5. The third-order valence-electron chi connectivity index (χ3n) is 3.23. The Morgan fingerprint density at radius 3 is 2.56 bits per heavy atom. The zero-order valence-corrected chi connectivity index (χ0v) is 10.9. The van der Waals surface area contributed by atoms with Crippen LogP contribution in [-0.4, -0.2) is 22.5 Å². The van der Waals surface area contributed by atoms with Gasteiger partial charge in [-0.15, -0.1) is 0 Å². The Kier molecular flexibility index (Phi) is 4.36. The van der Waals surface area contributed by atoms with Crippen molar-refractivity contribution in [2.45, 2.75) is 39.2 Å². The van der Waals surface area contributed by atoms with Crippen molar-refractivity contribution >= 4 is 11.7 Å². The van der Waals surface area contributed by atoms with Crippen molar-refractivity contribution in [3.63, 3.8) is 0 Å². The maximum atomic E-state index is 12.1. The SMILES string of the molecule is CCC(CC)(NC(=O)c1occc1C)/C(N)=N/O. The van der Waals surface area contributed by atoms with Gasteiger partial charge in [-0.05, 0) is 25.8 Å². The Bertz CT molecular complexity index is 447. The molecule has 1 heterocycles. The van der Waals surface area contributed by atoms with Gasteiger partial charge in [0.05, 0.1) is 6.26 Å². The molecule has 1 amide bonds. The van der Waals surface area contributed by atoms with Crippen LogP contribution in [-0.2, 0) is 0 Å². The molecule has 1 aromatic rings. The molecular weight excluding hydrogens is 234 g/mol. The molecule has 6 nitrogen and oxygen atoms in total. The van der Waals surface area contributed by atoms with Crippen molar-refractivity contribution in [2.24, 2.45) is 10.9 Å². The Hall–Kier alpha value is -1.98. The molecule has 1 rings (SSSR count). The van der Waals surface area contributed by atoms with Crippen molar-refractivity contribution in [1.82, 2.24) is 5.32 Å². The largest absolute Gasteiger partial charge is 0.459 e. The van der Waals surface area contributed by atoms with Crippen LogP contribution in [0.2, 0.25) is 0 Å². The zero-order valence-electron chi connectivity index (χ0n) is 10.9. The maximum Gasteiger partial charge on any atom is 0.288 e. The number of nitrogens with zero attached hydrogens (tertiary/aromatic N) is 1. The molecule has 0 unspecified atom stereocenters. The Morgan fingerprint density at radius 2 is 2.17 bits per heavy atom. The summed E-state index contributed by atoms with van der Waals surface area (Å²) in [5, 5.41) is 14.6. The van der Waals surface area contributed by atoms with Crippen LogP contribution >= 0.6 is 0 Å². The molecule has 0 saturated heterocycles. The van der Waals surface area contributed by atoms with Gasteiger partial charge in [0.25, 0.3) is 5.91 Å². The highest BCUT2D eigenvalue weighted by molar-refractivity contribution is 5.99. The van der Waals surface area contributed by atoms with Gasteiger partial charge < -0.3 is 20.7 Å². The molecule has 1 aromatic heterocycles. The Morgan fingerprint density at radius 1 is 1.56 bits per heavy atom. The van der Waals surface area contributed by atoms with Gasteiger partial charge in [-0.2, -0.15) is 0 Å². The third-order valence-corrected chi connectivity index (χ3v) is 3.23. The fourth-order valence-corrected chi connectivity index (χ4v) is 1.83. The van der Waals surface area contributed by atoms with E-state index < -0.39 is 5.54 Å². The van der Waals surface area contributed by atoms with Gasteiger partial charge in [-0.1, -0.05) is 19.0 Å². The number of carbonyl (C=O) groups excluding carboxylic acids is 1. The monoisotopic (exact) mass is 253 g/mol. The smallest absolute Gasteiger partial charge is 0.288 e. The van der Waals surface area contributed by atoms with Crippen molar-refractivity contribution in [2.75, 3.05) is 0 Å². The van der Waals surface area contributed by atoms with E-state index in [1.807, 2.05) is 13.8 Å². The van der Waals surface area contributed by atoms with Crippen molar-refractivity contribution in [1.29, 1.82) is 0 Å². The topological polar surface area (TPSA) is 101 Å². The van der Waals surface area contributed by atoms with Crippen LogP contribution in [0, 0.1) is 6.92 Å². The van der Waals surface area contributed by atoms with Gasteiger partial charge in [0, 0.05) is 5.56 Å². The second-order valence-electron chi connectivity index (χ2n) is 4.16. The number of carbonyl (C=O) groups is 1. The summed E-state index contributed by atoms with van der Waals surface area (Å²) in [6, 6.07) is 1.71. The molecule has 0 fully saturated rings. The number of oxime groups is 1. The highest BCUT2D eigenvalue weighted by Crippen LogP contribution is 2.18. The van der Waals surface area contributed by atoms with Crippen LogP contribution in [0.15, 0.2) is 21.9 Å². The van der Waals surface area contributed by atoms with E-state index in [0.29, 0.717) is 12.8 Å². The van der Waals surface area contributed by atoms with Crippen LogP contribution in [0.3, 0.4) is 0 Å². The molecule has 0 radical (unpaired) electrons. The summed E-state index contributed by atoms with van der Waals surface area (Å²) < 4.78 is 5.12. The van der Waals surface area contributed by atoms with Crippen LogP contribution < -0.4 is 11.1 Å². The number of furan rings is 1. The first-order valence-electron chi connectivity index (χ1n) is 5.85. The number of aryl methyl sites for hydroxylation is 1. The minimum atomic E-state index is -0.856. The molecule has 0 saturated carbocycles. The minimum absolute atomic E-state index is 0.00920. The molecule has 0 atom stereocenters. The summed E-state index contributed by atoms with van der Waals surface area (Å²) in [6.45, 7) is 5.50. The van der Waals surface area contributed by atoms with Gasteiger partial charge in [0.15, 0.2) is 11.6 Å². The molecule has 0 aliphatic heterocycles. The second kappa shape index (κ2) is 5.57. The molecule has 6 heteroatoms. The summed E-state index contributed by atoms with van der Waals surface area (Å²) in [5.74, 6) is -0.134. The number of hydrogen-bond donors (Lipinski definition) is 3. The molecule has 4 N–H and O–H groups in total. The first-order chi connectivity index (χ1) is 8.50. The number of nitrogens with one attached hydrogen (secondary N) is 1. The normalized spacial score (nSPS) is 12.5. The molecule has 0 spiro atoms. The third kappa shape index (κ3) is 2.47. The van der Waals surface area contributed by atoms with Gasteiger partial charge in [0.2, 0.25) is 0 Å². The van der Waals surface area contributed by atoms with Crippen LogP contribution in [0.1, 0.15) is 42.8 Å². The summed E-state index contributed by atoms with van der Waals surface area (Å²) in [6.07, 6.45) is 2.49. The van der Waals surface area contributed by atoms with Crippen LogP contribution in [0.5, 0.6) is 0 Å². The van der Waals surface area contributed by atoms with E-state index in [2.05, 4.69) is 10.5 Å². The van der Waals surface area contributed by atoms with E-state index >= 15 is 0 Å². The lowest BCUT2D eigenvalue weighted by atomic mass is 9.91. The predicted molar refractivity (Wildman–Crippen MR) is 67.6 cm³/mol. The highest BCUT2D eigenvalue weighted by atomic mass is 16.4. The molecule has 18 heavy (non-hydrogen) atoms. The van der Waals surface area contributed by atoms with Crippen molar-refractivity contribution in [3.8, 4) is 0 Å². The average Bonchev–Trinajstić information content (AvgIpc) is 2.81. The summed E-state index contributed by atoms with van der Waals surface area (Å²) in [7, 11) is 0. The minimum Gasteiger partial charge on any atom is -0.459 e. The first-order valence-corrected chi connectivity index (χ1v) is 5.85. The second-order valence-corrected chi connectivity index (χ2v) is 4.16. The molecule has 0 aliphatic carbocycles. The Labute approximate surface area is 106 Å². The van der Waals surface area contributed by atoms with Gasteiger partial charge in [-0.3, -0.25) is 4.79 Å². The lowest BCUT2D eigenvalue weighted by Gasteiger charge is -2.30. The van der Waals surface area contributed by atoms with Crippen molar-refractivity contribution < 1.29 is 14.4 Å². The van der Waals surface area contributed by atoms with Gasteiger partial charge >= 0.3 is 0 Å². The predicted octanol–water partition coefficient (Wildman–Crippen LogP) is 1.62. The fraction of sp³-hybridized carbons (Fsp3) is 0.500. The first kappa shape index (κ1) is 14.1. The van der Waals surface area contributed by atoms with E-state index in [4.69, 9.17) is 15.4 Å². The average molecular weight is 253 g/mol. The van der Waals surface area contributed by atoms with E-state index in [-0.39, 0.29) is 17.5 Å². The molecular formula is C12H19N3O3. The standard InChI is InChI=1S/C12H19N3O3/c1-4-12(5-2,11(13)15-17)14-10(16)9-8(3)6-7-18-9/h6-7,17H,4-5H2,1-3H3,(H2,13,15)(H,14,16). The quantitative estimate of drug-likeness (QED) is 0.321. The van der Waals surface area contributed by atoms with Crippen LogP contribution in [0.4, 0.5) is 0 Å². The molecule has 0 aliphatic rings. The zero-order chi connectivity index (χ0) is 13.8. The van der Waals surface area contributed by atoms with Crippen LogP contribution in [0.25, 0.3) is 0 Å². The molecule has 100 valence electrons. The van der Waals surface area contributed by atoms with Gasteiger partial charge in [0.1, 0.15) is 5.54 Å². The molecule has 0 bridgehead atoms. The number of nitrogens with two attached hydrogens (primary N) is 1. The summed E-state index contributed by atoms with van der Waals surface area (Å²) >= 11 is 0. The van der Waals surface area contributed by atoms with Crippen molar-refractivity contribution in [3.05, 3.63) is 23.7 Å².